The van der Waals surface area contributed by atoms with Gasteiger partial charge in [0.1, 0.15) is 0 Å². The van der Waals surface area contributed by atoms with E-state index in [-0.39, 0.29) is 5.54 Å². The van der Waals surface area contributed by atoms with E-state index in [0.717, 1.165) is 19.3 Å². The first kappa shape index (κ1) is 21.2. The Balaban J connectivity index is 2.42. The lowest BCUT2D eigenvalue weighted by Crippen LogP contribution is -2.47. The van der Waals surface area contributed by atoms with Crippen LogP contribution in [0.5, 0.6) is 0 Å². The molecule has 0 aliphatic carbocycles. The molecule has 1 heteroatoms. The maximum atomic E-state index is 6.78. The van der Waals surface area contributed by atoms with Crippen molar-refractivity contribution in [3.8, 4) is 0 Å². The Morgan fingerprint density at radius 3 is 1.88 bits per heavy atom. The molecule has 0 saturated heterocycles. The molecular weight excluding hydrogens is 290 g/mol. The largest absolute Gasteiger partial charge is 0.325 e. The summed E-state index contributed by atoms with van der Waals surface area (Å²) in [7, 11) is 0. The summed E-state index contributed by atoms with van der Waals surface area (Å²) in [5.74, 6) is 0.606. The van der Waals surface area contributed by atoms with Gasteiger partial charge in [-0.1, -0.05) is 102 Å². The minimum absolute atomic E-state index is 0.00301. The topological polar surface area (TPSA) is 26.0 Å². The number of benzene rings is 1. The molecule has 1 aromatic rings. The van der Waals surface area contributed by atoms with E-state index in [1.54, 1.807) is 0 Å². The van der Waals surface area contributed by atoms with Crippen molar-refractivity contribution >= 4 is 0 Å². The van der Waals surface area contributed by atoms with Crippen LogP contribution in [0.1, 0.15) is 97.0 Å². The summed E-state index contributed by atoms with van der Waals surface area (Å²) < 4.78 is 0. The van der Waals surface area contributed by atoms with Gasteiger partial charge in [0.15, 0.2) is 0 Å². The van der Waals surface area contributed by atoms with Crippen molar-refractivity contribution in [3.05, 3.63) is 35.9 Å². The zero-order valence-corrected chi connectivity index (χ0v) is 16.5. The number of hydrogen-bond donors (Lipinski definition) is 1. The van der Waals surface area contributed by atoms with Gasteiger partial charge in [0.2, 0.25) is 0 Å². The first-order valence-electron chi connectivity index (χ1n) is 10.5. The second-order valence-corrected chi connectivity index (χ2v) is 7.59. The van der Waals surface area contributed by atoms with Crippen molar-refractivity contribution in [1.82, 2.24) is 0 Å². The molecule has 0 radical (unpaired) electrons. The van der Waals surface area contributed by atoms with Crippen molar-refractivity contribution in [3.63, 3.8) is 0 Å². The van der Waals surface area contributed by atoms with Gasteiger partial charge < -0.3 is 5.73 Å². The van der Waals surface area contributed by atoms with Crippen LogP contribution in [-0.4, -0.2) is 5.54 Å². The van der Waals surface area contributed by atoms with E-state index in [4.69, 9.17) is 5.73 Å². The first-order chi connectivity index (χ1) is 11.7. The summed E-state index contributed by atoms with van der Waals surface area (Å²) in [6.07, 6.45) is 15.7. The van der Waals surface area contributed by atoms with Gasteiger partial charge in [0.05, 0.1) is 0 Å². The maximum absolute atomic E-state index is 6.78. The Morgan fingerprint density at radius 2 is 1.33 bits per heavy atom. The van der Waals surface area contributed by atoms with Gasteiger partial charge in [-0.2, -0.15) is 0 Å². The molecule has 138 valence electrons. The molecule has 0 saturated carbocycles. The second-order valence-electron chi connectivity index (χ2n) is 7.59. The predicted molar refractivity (Wildman–Crippen MR) is 108 cm³/mol. The van der Waals surface area contributed by atoms with Crippen molar-refractivity contribution in [2.75, 3.05) is 0 Å². The first-order valence-corrected chi connectivity index (χ1v) is 10.5. The van der Waals surface area contributed by atoms with Crippen molar-refractivity contribution < 1.29 is 0 Å². The average molecular weight is 332 g/mol. The number of nitrogens with two attached hydrogens (primary N) is 1. The van der Waals surface area contributed by atoms with E-state index in [9.17, 15) is 0 Å². The van der Waals surface area contributed by atoms with Crippen LogP contribution in [0.2, 0.25) is 0 Å². The summed E-state index contributed by atoms with van der Waals surface area (Å²) in [6.45, 7) is 6.80. The molecule has 0 bridgehead atoms. The fraction of sp³-hybridized carbons (Fsp3) is 0.739. The summed E-state index contributed by atoms with van der Waals surface area (Å²) >= 11 is 0. The van der Waals surface area contributed by atoms with Crippen molar-refractivity contribution in [2.45, 2.75) is 103 Å². The van der Waals surface area contributed by atoms with Gasteiger partial charge in [0, 0.05) is 5.54 Å². The van der Waals surface area contributed by atoms with E-state index >= 15 is 0 Å². The van der Waals surface area contributed by atoms with Gasteiger partial charge in [-0.25, -0.2) is 0 Å². The number of rotatable bonds is 14. The van der Waals surface area contributed by atoms with Crippen LogP contribution in [0.25, 0.3) is 0 Å². The highest BCUT2D eigenvalue weighted by molar-refractivity contribution is 5.16. The highest BCUT2D eigenvalue weighted by atomic mass is 14.7. The van der Waals surface area contributed by atoms with Gasteiger partial charge in [-0.05, 0) is 37.2 Å². The van der Waals surface area contributed by atoms with Gasteiger partial charge in [0.25, 0.3) is 0 Å². The Kier molecular flexibility index (Phi) is 11.1. The molecule has 1 atom stereocenters. The maximum Gasteiger partial charge on any atom is 0.0180 e. The molecule has 0 heterocycles. The van der Waals surface area contributed by atoms with Crippen LogP contribution in [0.4, 0.5) is 0 Å². The highest BCUT2D eigenvalue weighted by Gasteiger charge is 2.30. The van der Waals surface area contributed by atoms with Crippen LogP contribution in [0.3, 0.4) is 0 Å². The Morgan fingerprint density at radius 1 is 0.792 bits per heavy atom. The zero-order valence-electron chi connectivity index (χ0n) is 16.5. The normalized spacial score (nSPS) is 13.2. The van der Waals surface area contributed by atoms with E-state index in [2.05, 4.69) is 51.1 Å². The second kappa shape index (κ2) is 12.5. The minimum atomic E-state index is -0.00301. The third kappa shape index (κ3) is 7.83. The summed E-state index contributed by atoms with van der Waals surface area (Å²) in [6, 6.07) is 10.9. The lowest BCUT2D eigenvalue weighted by Gasteiger charge is -2.36. The minimum Gasteiger partial charge on any atom is -0.325 e. The van der Waals surface area contributed by atoms with E-state index < -0.39 is 0 Å². The molecule has 1 aromatic carbocycles. The molecule has 2 N–H and O–H groups in total. The zero-order chi connectivity index (χ0) is 17.7. The van der Waals surface area contributed by atoms with Crippen molar-refractivity contribution in [1.29, 1.82) is 0 Å². The molecule has 0 aliphatic heterocycles. The van der Waals surface area contributed by atoms with E-state index in [1.165, 1.54) is 63.4 Å². The third-order valence-corrected chi connectivity index (χ3v) is 5.86. The van der Waals surface area contributed by atoms with Gasteiger partial charge >= 0.3 is 0 Å². The standard InChI is InChI=1S/C23H41N/c1-4-7-8-9-10-11-12-16-19-22(23(24,5-2)6-3)20-21-17-14-13-15-18-21/h13-15,17-18,22H,4-12,16,19-20,24H2,1-3H3. The fourth-order valence-electron chi connectivity index (χ4n) is 3.84. The molecule has 1 rings (SSSR count). The van der Waals surface area contributed by atoms with Gasteiger partial charge in [-0.3, -0.25) is 0 Å². The van der Waals surface area contributed by atoms with Crippen LogP contribution in [0, 0.1) is 5.92 Å². The lowest BCUT2D eigenvalue weighted by molar-refractivity contribution is 0.229. The van der Waals surface area contributed by atoms with Crippen LogP contribution in [-0.2, 0) is 6.42 Å². The lowest BCUT2D eigenvalue weighted by atomic mass is 9.74. The Bertz CT molecular complexity index is 394. The summed E-state index contributed by atoms with van der Waals surface area (Å²) in [4.78, 5) is 0. The van der Waals surface area contributed by atoms with Crippen molar-refractivity contribution in [2.24, 2.45) is 11.7 Å². The monoisotopic (exact) mass is 331 g/mol. The average Bonchev–Trinajstić information content (AvgIpc) is 2.63. The van der Waals surface area contributed by atoms with Gasteiger partial charge in [-0.15, -0.1) is 0 Å². The third-order valence-electron chi connectivity index (χ3n) is 5.86. The molecule has 0 amide bonds. The predicted octanol–water partition coefficient (Wildman–Crippen LogP) is 6.89. The smallest absolute Gasteiger partial charge is 0.0180 e. The molecule has 0 aliphatic rings. The summed E-state index contributed by atoms with van der Waals surface area (Å²) in [5.41, 5.74) is 8.22. The molecule has 0 fully saturated rings. The van der Waals surface area contributed by atoms with Crippen LogP contribution in [0.15, 0.2) is 30.3 Å². The quantitative estimate of drug-likeness (QED) is 0.369. The molecular formula is C23H41N. The molecule has 1 nitrogen and oxygen atoms in total. The number of hydrogen-bond acceptors (Lipinski definition) is 1. The van der Waals surface area contributed by atoms with E-state index in [1.807, 2.05) is 0 Å². The van der Waals surface area contributed by atoms with Crippen LogP contribution < -0.4 is 5.73 Å². The van der Waals surface area contributed by atoms with E-state index in [0.29, 0.717) is 5.92 Å². The Hall–Kier alpha value is -0.820. The SMILES string of the molecule is CCCCCCCCCCC(Cc1ccccc1)C(N)(CC)CC. The fourth-order valence-corrected chi connectivity index (χ4v) is 3.84. The molecule has 0 aromatic heterocycles. The highest BCUT2D eigenvalue weighted by Crippen LogP contribution is 2.30. The molecule has 24 heavy (non-hydrogen) atoms. The summed E-state index contributed by atoms with van der Waals surface area (Å²) in [5, 5.41) is 0. The Labute approximate surface area is 151 Å². The molecule has 1 unspecified atom stereocenters. The molecule has 0 spiro atoms. The number of unbranched alkanes of at least 4 members (excludes halogenated alkanes) is 7. The van der Waals surface area contributed by atoms with Crippen LogP contribution >= 0.6 is 0 Å².